The van der Waals surface area contributed by atoms with Gasteiger partial charge in [0.2, 0.25) is 15.9 Å². The minimum absolute atomic E-state index is 0.0480. The summed E-state index contributed by atoms with van der Waals surface area (Å²) >= 11 is 0. The lowest BCUT2D eigenvalue weighted by Gasteiger charge is -2.24. The number of carbonyl (C=O) groups excluding carboxylic acids is 2. The zero-order valence-corrected chi connectivity index (χ0v) is 17.0. The van der Waals surface area contributed by atoms with E-state index in [1.165, 1.54) is 30.3 Å². The number of hydrogen-bond acceptors (Lipinski definition) is 5. The largest absolute Gasteiger partial charge is 0.482 e. The lowest BCUT2D eigenvalue weighted by molar-refractivity contribution is -0.119. The Morgan fingerprint density at radius 2 is 2.07 bits per heavy atom. The molecule has 2 aromatic rings. The molecule has 2 heterocycles. The second-order valence-electron chi connectivity index (χ2n) is 7.22. The molecule has 2 amide bonds. The Hall–Kier alpha value is -2.98. The SMILES string of the molecule is Cc1ccc(NC(=O)C2CCCN2S(=O)(=O)c2ccc3c(c2)NC(=O)CO3)cc1F. The number of anilines is 2. The number of halogens is 1. The predicted molar refractivity (Wildman–Crippen MR) is 107 cm³/mol. The highest BCUT2D eigenvalue weighted by molar-refractivity contribution is 7.89. The molecule has 1 unspecified atom stereocenters. The number of rotatable bonds is 4. The summed E-state index contributed by atoms with van der Waals surface area (Å²) < 4.78 is 46.6. The van der Waals surface area contributed by atoms with Gasteiger partial charge >= 0.3 is 0 Å². The van der Waals surface area contributed by atoms with Gasteiger partial charge in [-0.15, -0.1) is 0 Å². The van der Waals surface area contributed by atoms with E-state index in [1.807, 2.05) is 0 Å². The van der Waals surface area contributed by atoms with Crippen LogP contribution >= 0.6 is 0 Å². The van der Waals surface area contributed by atoms with Crippen molar-refractivity contribution >= 4 is 33.2 Å². The van der Waals surface area contributed by atoms with E-state index in [-0.39, 0.29) is 35.3 Å². The molecule has 1 fully saturated rings. The van der Waals surface area contributed by atoms with Crippen molar-refractivity contribution in [1.82, 2.24) is 4.31 Å². The van der Waals surface area contributed by atoms with Crippen LogP contribution in [0.25, 0.3) is 0 Å². The van der Waals surface area contributed by atoms with Crippen molar-refractivity contribution in [2.24, 2.45) is 0 Å². The summed E-state index contributed by atoms with van der Waals surface area (Å²) in [4.78, 5) is 24.2. The van der Waals surface area contributed by atoms with E-state index in [0.29, 0.717) is 24.2 Å². The van der Waals surface area contributed by atoms with Crippen molar-refractivity contribution in [3.63, 3.8) is 0 Å². The first-order valence-electron chi connectivity index (χ1n) is 9.41. The molecule has 1 saturated heterocycles. The van der Waals surface area contributed by atoms with E-state index in [1.54, 1.807) is 13.0 Å². The minimum atomic E-state index is -4.00. The molecule has 0 saturated carbocycles. The van der Waals surface area contributed by atoms with Crippen LogP contribution < -0.4 is 15.4 Å². The van der Waals surface area contributed by atoms with Gasteiger partial charge in [0.25, 0.3) is 5.91 Å². The van der Waals surface area contributed by atoms with E-state index in [0.717, 1.165) is 4.31 Å². The molecule has 8 nitrogen and oxygen atoms in total. The molecule has 2 aliphatic heterocycles. The van der Waals surface area contributed by atoms with Gasteiger partial charge < -0.3 is 15.4 Å². The maximum atomic E-state index is 13.8. The molecule has 0 radical (unpaired) electrons. The monoisotopic (exact) mass is 433 g/mol. The van der Waals surface area contributed by atoms with Crippen molar-refractivity contribution in [3.05, 3.63) is 47.8 Å². The highest BCUT2D eigenvalue weighted by atomic mass is 32.2. The van der Waals surface area contributed by atoms with Gasteiger partial charge in [-0.25, -0.2) is 12.8 Å². The van der Waals surface area contributed by atoms with Crippen LogP contribution in [0, 0.1) is 12.7 Å². The van der Waals surface area contributed by atoms with Gasteiger partial charge in [0.1, 0.15) is 17.6 Å². The molecule has 2 aromatic carbocycles. The maximum Gasteiger partial charge on any atom is 0.262 e. The smallest absolute Gasteiger partial charge is 0.262 e. The molecular formula is C20H20FN3O5S. The molecule has 0 spiro atoms. The van der Waals surface area contributed by atoms with E-state index in [9.17, 15) is 22.4 Å². The van der Waals surface area contributed by atoms with Crippen LogP contribution in [0.3, 0.4) is 0 Å². The lowest BCUT2D eigenvalue weighted by atomic mass is 10.2. The second-order valence-corrected chi connectivity index (χ2v) is 9.11. The number of benzene rings is 2. The number of nitrogens with zero attached hydrogens (tertiary/aromatic N) is 1. The molecule has 2 aliphatic rings. The molecule has 4 rings (SSSR count). The molecule has 30 heavy (non-hydrogen) atoms. The first kappa shape index (κ1) is 20.3. The van der Waals surface area contributed by atoms with Crippen LogP contribution in [0.5, 0.6) is 5.75 Å². The number of amides is 2. The fourth-order valence-corrected chi connectivity index (χ4v) is 5.23. The van der Waals surface area contributed by atoms with Crippen LogP contribution in [0.1, 0.15) is 18.4 Å². The van der Waals surface area contributed by atoms with Gasteiger partial charge in [-0.05, 0) is 55.7 Å². The molecular weight excluding hydrogens is 413 g/mol. The maximum absolute atomic E-state index is 13.8. The summed E-state index contributed by atoms with van der Waals surface area (Å²) in [6.45, 7) is 1.66. The average molecular weight is 433 g/mol. The first-order valence-corrected chi connectivity index (χ1v) is 10.9. The van der Waals surface area contributed by atoms with Crippen LogP contribution in [-0.2, 0) is 19.6 Å². The Balaban J connectivity index is 1.57. The number of nitrogens with one attached hydrogen (secondary N) is 2. The molecule has 10 heteroatoms. The quantitative estimate of drug-likeness (QED) is 0.770. The molecule has 1 atom stereocenters. The van der Waals surface area contributed by atoms with Crippen LogP contribution in [-0.4, -0.2) is 43.7 Å². The van der Waals surface area contributed by atoms with E-state index in [2.05, 4.69) is 10.6 Å². The van der Waals surface area contributed by atoms with Gasteiger partial charge in [-0.1, -0.05) is 6.07 Å². The van der Waals surface area contributed by atoms with Gasteiger partial charge in [-0.3, -0.25) is 9.59 Å². The van der Waals surface area contributed by atoms with E-state index >= 15 is 0 Å². The van der Waals surface area contributed by atoms with Gasteiger partial charge in [-0.2, -0.15) is 4.31 Å². The summed E-state index contributed by atoms with van der Waals surface area (Å²) in [5.74, 6) is -0.970. The van der Waals surface area contributed by atoms with Gasteiger partial charge in [0.15, 0.2) is 6.61 Å². The van der Waals surface area contributed by atoms with Crippen molar-refractivity contribution in [2.75, 3.05) is 23.8 Å². The predicted octanol–water partition coefficient (Wildman–Crippen LogP) is 2.26. The number of aryl methyl sites for hydroxylation is 1. The first-order chi connectivity index (χ1) is 14.3. The number of ether oxygens (including phenoxy) is 1. The Morgan fingerprint density at radius 3 is 2.83 bits per heavy atom. The summed E-state index contributed by atoms with van der Waals surface area (Å²) in [6, 6.07) is 7.57. The van der Waals surface area contributed by atoms with Crippen LogP contribution in [0.2, 0.25) is 0 Å². The van der Waals surface area contributed by atoms with Crippen molar-refractivity contribution in [3.8, 4) is 5.75 Å². The molecule has 0 bridgehead atoms. The lowest BCUT2D eigenvalue weighted by Crippen LogP contribution is -2.43. The highest BCUT2D eigenvalue weighted by Crippen LogP contribution is 2.33. The third-order valence-corrected chi connectivity index (χ3v) is 7.04. The van der Waals surface area contributed by atoms with Crippen LogP contribution in [0.15, 0.2) is 41.3 Å². The zero-order valence-electron chi connectivity index (χ0n) is 16.1. The van der Waals surface area contributed by atoms with Crippen molar-refractivity contribution in [1.29, 1.82) is 0 Å². The van der Waals surface area contributed by atoms with Gasteiger partial charge in [0.05, 0.1) is 10.6 Å². The third-order valence-electron chi connectivity index (χ3n) is 5.14. The molecule has 0 aliphatic carbocycles. The molecule has 158 valence electrons. The summed E-state index contributed by atoms with van der Waals surface area (Å²) in [5, 5.41) is 5.18. The fourth-order valence-electron chi connectivity index (χ4n) is 3.54. The number of fused-ring (bicyclic) bond motifs is 1. The van der Waals surface area contributed by atoms with E-state index < -0.39 is 27.8 Å². The average Bonchev–Trinajstić information content (AvgIpc) is 3.21. The van der Waals surface area contributed by atoms with Crippen LogP contribution in [0.4, 0.5) is 15.8 Å². The zero-order chi connectivity index (χ0) is 21.5. The number of carbonyl (C=O) groups is 2. The number of sulfonamides is 1. The Bertz CT molecular complexity index is 1140. The fraction of sp³-hybridized carbons (Fsp3) is 0.300. The number of hydrogen-bond donors (Lipinski definition) is 2. The Labute approximate surface area is 173 Å². The standard InChI is InChI=1S/C20H20FN3O5S/c1-12-4-5-13(9-15(12)21)22-20(26)17-3-2-8-24(17)30(27,28)14-6-7-18-16(10-14)23-19(25)11-29-18/h4-7,9-10,17H,2-3,8,11H2,1H3,(H,22,26)(H,23,25). The van der Waals surface area contributed by atoms with Gasteiger partial charge in [0, 0.05) is 12.2 Å². The normalized spacial score (nSPS) is 19.0. The van der Waals surface area contributed by atoms with Crippen molar-refractivity contribution < 1.29 is 27.1 Å². The van der Waals surface area contributed by atoms with E-state index in [4.69, 9.17) is 4.74 Å². The minimum Gasteiger partial charge on any atom is -0.482 e. The summed E-state index contributed by atoms with van der Waals surface area (Å²) in [7, 11) is -4.00. The summed E-state index contributed by atoms with van der Waals surface area (Å²) in [6.07, 6.45) is 0.870. The van der Waals surface area contributed by atoms with Crippen molar-refractivity contribution in [2.45, 2.75) is 30.7 Å². The second kappa shape index (κ2) is 7.69. The summed E-state index contributed by atoms with van der Waals surface area (Å²) in [5.41, 5.74) is 0.977. The topological polar surface area (TPSA) is 105 Å². The Kier molecular flexibility index (Phi) is 5.20. The highest BCUT2D eigenvalue weighted by Gasteiger charge is 2.40. The third kappa shape index (κ3) is 3.75. The molecule has 0 aromatic heterocycles. The molecule has 2 N–H and O–H groups in total. The Morgan fingerprint density at radius 1 is 1.27 bits per heavy atom.